The zero-order valence-electron chi connectivity index (χ0n) is 12.9. The van der Waals surface area contributed by atoms with Gasteiger partial charge in [-0.1, -0.05) is 41.4 Å². The highest BCUT2D eigenvalue weighted by atomic mass is 35.5. The number of halogens is 1. The zero-order valence-corrected chi connectivity index (χ0v) is 13.7. The van der Waals surface area contributed by atoms with E-state index in [0.29, 0.717) is 5.02 Å². The molecular formula is C18H15ClN2O3. The summed E-state index contributed by atoms with van der Waals surface area (Å²) in [4.78, 5) is 30.2. The van der Waals surface area contributed by atoms with E-state index >= 15 is 0 Å². The van der Waals surface area contributed by atoms with Gasteiger partial charge in [-0.3, -0.25) is 19.7 Å². The molecule has 2 saturated heterocycles. The molecule has 4 rings (SSSR count). The Bertz CT molecular complexity index is 804. The molecule has 0 aliphatic carbocycles. The topological polar surface area (TPSA) is 58.6 Å². The molecule has 1 N–H and O–H groups in total. The fourth-order valence-electron chi connectivity index (χ4n) is 3.25. The highest BCUT2D eigenvalue weighted by Crippen LogP contribution is 2.44. The number of imide groups is 1. The molecular weight excluding hydrogens is 328 g/mol. The van der Waals surface area contributed by atoms with Crippen LogP contribution in [0.3, 0.4) is 0 Å². The van der Waals surface area contributed by atoms with E-state index in [-0.39, 0.29) is 11.9 Å². The van der Waals surface area contributed by atoms with E-state index in [1.54, 1.807) is 17.2 Å². The molecule has 24 heavy (non-hydrogen) atoms. The van der Waals surface area contributed by atoms with Crippen molar-refractivity contribution in [2.75, 3.05) is 5.06 Å². The summed E-state index contributed by atoms with van der Waals surface area (Å²) in [6.45, 7) is 2.00. The normalized spacial score (nSPS) is 25.8. The van der Waals surface area contributed by atoms with Crippen molar-refractivity contribution in [2.45, 2.75) is 19.1 Å². The number of rotatable bonds is 2. The number of anilines is 1. The molecule has 5 nitrogen and oxygen atoms in total. The number of nitrogens with zero attached hydrogens (tertiary/aromatic N) is 1. The first-order chi connectivity index (χ1) is 11.5. The summed E-state index contributed by atoms with van der Waals surface area (Å²) < 4.78 is 0. The second-order valence-electron chi connectivity index (χ2n) is 6.06. The van der Waals surface area contributed by atoms with Gasteiger partial charge in [-0.2, -0.15) is 0 Å². The van der Waals surface area contributed by atoms with Gasteiger partial charge in [0.2, 0.25) is 5.91 Å². The Hall–Kier alpha value is -2.37. The number of hydrogen-bond acceptors (Lipinski definition) is 4. The quantitative estimate of drug-likeness (QED) is 0.853. The molecule has 122 valence electrons. The molecule has 2 aliphatic rings. The molecule has 0 aromatic heterocycles. The average Bonchev–Trinajstić information content (AvgIpc) is 3.08. The average molecular weight is 343 g/mol. The van der Waals surface area contributed by atoms with Crippen LogP contribution in [0.25, 0.3) is 0 Å². The maximum absolute atomic E-state index is 12.3. The number of hydroxylamine groups is 1. The standard InChI is InChI=1S/C18H15ClN2O3/c1-10-2-4-11(5-3-10)15-14-16(18(23)20-17(14)22)24-21(15)13-8-6-12(19)7-9-13/h2-9,14-16H,1H3,(H,20,22,23)/t14-,15+,16-/m1/s1. The molecule has 0 spiro atoms. The summed E-state index contributed by atoms with van der Waals surface area (Å²) in [6, 6.07) is 14.7. The number of amides is 2. The third-order valence-electron chi connectivity index (χ3n) is 4.45. The summed E-state index contributed by atoms with van der Waals surface area (Å²) in [5.41, 5.74) is 2.80. The highest BCUT2D eigenvalue weighted by Gasteiger charge is 2.56. The minimum atomic E-state index is -0.806. The third kappa shape index (κ3) is 2.37. The molecule has 0 unspecified atom stereocenters. The van der Waals surface area contributed by atoms with Crippen LogP contribution in [0.1, 0.15) is 17.2 Å². The largest absolute Gasteiger partial charge is 0.294 e. The Morgan fingerprint density at radius 2 is 1.67 bits per heavy atom. The molecule has 2 heterocycles. The molecule has 2 fully saturated rings. The summed E-state index contributed by atoms with van der Waals surface area (Å²) in [5, 5.41) is 4.62. The summed E-state index contributed by atoms with van der Waals surface area (Å²) >= 11 is 5.95. The van der Waals surface area contributed by atoms with Crippen LogP contribution in [-0.4, -0.2) is 17.9 Å². The zero-order chi connectivity index (χ0) is 16.8. The molecule has 2 amide bonds. The lowest BCUT2D eigenvalue weighted by Crippen LogP contribution is -2.33. The smallest absolute Gasteiger partial charge is 0.259 e. The summed E-state index contributed by atoms with van der Waals surface area (Å²) in [6.07, 6.45) is -0.806. The van der Waals surface area contributed by atoms with Crippen LogP contribution in [-0.2, 0) is 14.4 Å². The number of hydrogen-bond donors (Lipinski definition) is 1. The number of benzene rings is 2. The van der Waals surface area contributed by atoms with E-state index < -0.39 is 17.9 Å². The van der Waals surface area contributed by atoms with Crippen LogP contribution in [0.4, 0.5) is 5.69 Å². The maximum atomic E-state index is 12.3. The van der Waals surface area contributed by atoms with Gasteiger partial charge < -0.3 is 0 Å². The van der Waals surface area contributed by atoms with Gasteiger partial charge >= 0.3 is 0 Å². The van der Waals surface area contributed by atoms with Crippen LogP contribution in [0.2, 0.25) is 5.02 Å². The molecule has 6 heteroatoms. The van der Waals surface area contributed by atoms with E-state index in [9.17, 15) is 9.59 Å². The highest BCUT2D eigenvalue weighted by molar-refractivity contribution is 6.30. The first-order valence-electron chi connectivity index (χ1n) is 7.67. The summed E-state index contributed by atoms with van der Waals surface area (Å²) in [7, 11) is 0. The monoisotopic (exact) mass is 342 g/mol. The predicted octanol–water partition coefficient (Wildman–Crippen LogP) is 2.78. The lowest BCUT2D eigenvalue weighted by molar-refractivity contribution is -0.129. The molecule has 2 aliphatic heterocycles. The van der Waals surface area contributed by atoms with Crippen molar-refractivity contribution < 1.29 is 14.4 Å². The van der Waals surface area contributed by atoms with Crippen LogP contribution in [0.15, 0.2) is 48.5 Å². The minimum Gasteiger partial charge on any atom is -0.294 e. The van der Waals surface area contributed by atoms with Crippen molar-refractivity contribution >= 4 is 29.1 Å². The SMILES string of the molecule is Cc1ccc([C@H]2[C@H]3C(=O)NC(=O)[C@@H]3ON2c2ccc(Cl)cc2)cc1. The van der Waals surface area contributed by atoms with E-state index in [1.807, 2.05) is 43.3 Å². The second-order valence-corrected chi connectivity index (χ2v) is 6.50. The van der Waals surface area contributed by atoms with E-state index in [4.69, 9.17) is 16.4 Å². The van der Waals surface area contributed by atoms with Gasteiger partial charge in [-0.25, -0.2) is 5.06 Å². The number of fused-ring (bicyclic) bond motifs is 1. The van der Waals surface area contributed by atoms with Gasteiger partial charge in [0.25, 0.3) is 5.91 Å². The number of carbonyl (C=O) groups excluding carboxylic acids is 2. The van der Waals surface area contributed by atoms with Gasteiger partial charge in [0.15, 0.2) is 6.10 Å². The van der Waals surface area contributed by atoms with E-state index in [0.717, 1.165) is 16.8 Å². The minimum absolute atomic E-state index is 0.299. The van der Waals surface area contributed by atoms with Crippen molar-refractivity contribution in [2.24, 2.45) is 5.92 Å². The Morgan fingerprint density at radius 1 is 1.00 bits per heavy atom. The molecule has 3 atom stereocenters. The lowest BCUT2D eigenvalue weighted by atomic mass is 9.90. The van der Waals surface area contributed by atoms with Crippen molar-refractivity contribution in [1.29, 1.82) is 0 Å². The predicted molar refractivity (Wildman–Crippen MR) is 89.4 cm³/mol. The van der Waals surface area contributed by atoms with E-state index in [2.05, 4.69) is 5.32 Å². The van der Waals surface area contributed by atoms with Gasteiger partial charge in [-0.15, -0.1) is 0 Å². The molecule has 2 aromatic carbocycles. The van der Waals surface area contributed by atoms with Crippen LogP contribution in [0, 0.1) is 12.8 Å². The second kappa shape index (κ2) is 5.61. The number of carbonyl (C=O) groups is 2. The molecule has 2 aromatic rings. The van der Waals surface area contributed by atoms with Crippen molar-refractivity contribution in [3.63, 3.8) is 0 Å². The van der Waals surface area contributed by atoms with Crippen molar-refractivity contribution in [1.82, 2.24) is 5.32 Å². The number of aryl methyl sites for hydroxylation is 1. The van der Waals surface area contributed by atoms with E-state index in [1.165, 1.54) is 0 Å². The van der Waals surface area contributed by atoms with Crippen LogP contribution in [0.5, 0.6) is 0 Å². The van der Waals surface area contributed by atoms with Crippen LogP contribution < -0.4 is 10.4 Å². The van der Waals surface area contributed by atoms with Crippen LogP contribution >= 0.6 is 11.6 Å². The fraction of sp³-hybridized carbons (Fsp3) is 0.222. The molecule has 0 saturated carbocycles. The van der Waals surface area contributed by atoms with Gasteiger partial charge in [-0.05, 0) is 36.8 Å². The Labute approximate surface area is 144 Å². The van der Waals surface area contributed by atoms with Gasteiger partial charge in [0.1, 0.15) is 5.92 Å². The fourth-order valence-corrected chi connectivity index (χ4v) is 3.37. The first-order valence-corrected chi connectivity index (χ1v) is 8.05. The molecule has 0 radical (unpaired) electrons. The Morgan fingerprint density at radius 3 is 2.33 bits per heavy atom. The Balaban J connectivity index is 1.79. The first kappa shape index (κ1) is 15.2. The maximum Gasteiger partial charge on any atom is 0.259 e. The van der Waals surface area contributed by atoms with Gasteiger partial charge in [0.05, 0.1) is 11.7 Å². The summed E-state index contributed by atoms with van der Waals surface area (Å²) in [5.74, 6) is -1.26. The van der Waals surface area contributed by atoms with Crippen molar-refractivity contribution in [3.8, 4) is 0 Å². The number of nitrogens with one attached hydrogen (secondary N) is 1. The lowest BCUT2D eigenvalue weighted by Gasteiger charge is -2.27. The third-order valence-corrected chi connectivity index (χ3v) is 4.71. The van der Waals surface area contributed by atoms with Crippen molar-refractivity contribution in [3.05, 3.63) is 64.7 Å². The van der Waals surface area contributed by atoms with Gasteiger partial charge in [0, 0.05) is 5.02 Å². The Kier molecular flexibility index (Phi) is 3.55. The molecule has 0 bridgehead atoms.